The molecule has 1 aromatic carbocycles. The third kappa shape index (κ3) is 3.70. The Morgan fingerprint density at radius 3 is 2.60 bits per heavy atom. The Balaban J connectivity index is 2.12. The molecule has 0 atom stereocenters. The molecule has 0 aliphatic carbocycles. The molecule has 6 heteroatoms. The van der Waals surface area contributed by atoms with Gasteiger partial charge in [-0.15, -0.1) is 0 Å². The van der Waals surface area contributed by atoms with Gasteiger partial charge < -0.3 is 5.32 Å². The third-order valence-electron chi connectivity index (χ3n) is 2.82. The van der Waals surface area contributed by atoms with E-state index in [1.807, 2.05) is 31.2 Å². The van der Waals surface area contributed by atoms with Gasteiger partial charge in [-0.3, -0.25) is 4.79 Å². The molecule has 0 unspecified atom stereocenters. The van der Waals surface area contributed by atoms with Gasteiger partial charge in [0.25, 0.3) is 5.56 Å². The van der Waals surface area contributed by atoms with Crippen LogP contribution in [0.3, 0.4) is 0 Å². The lowest BCUT2D eigenvalue weighted by molar-refractivity contribution is 0.566. The Hall–Kier alpha value is -1.14. The average Bonchev–Trinajstić information content (AvgIpc) is 2.45. The fraction of sp³-hybridized carbons (Fsp3) is 0.286. The molecule has 1 N–H and O–H groups in total. The predicted octanol–water partition coefficient (Wildman–Crippen LogP) is 3.79. The molecule has 0 amide bonds. The third-order valence-corrected chi connectivity index (χ3v) is 4.11. The SMILES string of the molecule is CCCn1ncc(NCc2ccc(Br)cc2)c(Br)c1=O. The molecule has 2 rings (SSSR count). The van der Waals surface area contributed by atoms with Crippen molar-refractivity contribution in [1.82, 2.24) is 9.78 Å². The van der Waals surface area contributed by atoms with E-state index in [1.165, 1.54) is 4.68 Å². The van der Waals surface area contributed by atoms with E-state index in [0.717, 1.165) is 16.5 Å². The van der Waals surface area contributed by atoms with E-state index in [1.54, 1.807) is 6.20 Å². The summed E-state index contributed by atoms with van der Waals surface area (Å²) in [5, 5.41) is 7.38. The molecule has 0 spiro atoms. The van der Waals surface area contributed by atoms with Crippen LogP contribution in [0.2, 0.25) is 0 Å². The second-order valence-corrected chi connectivity index (χ2v) is 6.09. The molecule has 1 aromatic heterocycles. The topological polar surface area (TPSA) is 46.9 Å². The van der Waals surface area contributed by atoms with E-state index in [4.69, 9.17) is 0 Å². The van der Waals surface area contributed by atoms with Gasteiger partial charge in [-0.2, -0.15) is 5.10 Å². The fourth-order valence-corrected chi connectivity index (χ4v) is 2.47. The minimum absolute atomic E-state index is 0.104. The summed E-state index contributed by atoms with van der Waals surface area (Å²) in [7, 11) is 0. The number of nitrogens with zero attached hydrogens (tertiary/aromatic N) is 2. The number of rotatable bonds is 5. The summed E-state index contributed by atoms with van der Waals surface area (Å²) in [6, 6.07) is 8.03. The summed E-state index contributed by atoms with van der Waals surface area (Å²) >= 11 is 6.75. The van der Waals surface area contributed by atoms with Gasteiger partial charge in [0.05, 0.1) is 11.9 Å². The van der Waals surface area contributed by atoms with E-state index in [2.05, 4.69) is 42.3 Å². The van der Waals surface area contributed by atoms with Gasteiger partial charge in [-0.05, 0) is 40.0 Å². The first-order chi connectivity index (χ1) is 9.61. The van der Waals surface area contributed by atoms with Gasteiger partial charge in [0.2, 0.25) is 0 Å². The first-order valence-corrected chi connectivity index (χ1v) is 7.94. The maximum absolute atomic E-state index is 12.0. The second kappa shape index (κ2) is 7.04. The first kappa shape index (κ1) is 15.3. The van der Waals surface area contributed by atoms with Gasteiger partial charge in [0.1, 0.15) is 4.47 Å². The average molecular weight is 401 g/mol. The molecule has 0 aliphatic rings. The summed E-state index contributed by atoms with van der Waals surface area (Å²) in [6.45, 7) is 3.29. The number of aryl methyl sites for hydroxylation is 1. The summed E-state index contributed by atoms with van der Waals surface area (Å²) in [6.07, 6.45) is 2.56. The van der Waals surface area contributed by atoms with Crippen LogP contribution in [0.5, 0.6) is 0 Å². The molecular weight excluding hydrogens is 386 g/mol. The van der Waals surface area contributed by atoms with Crippen molar-refractivity contribution in [3.8, 4) is 0 Å². The molecule has 0 fully saturated rings. The van der Waals surface area contributed by atoms with Gasteiger partial charge in [0, 0.05) is 17.6 Å². The lowest BCUT2D eigenvalue weighted by Crippen LogP contribution is -2.24. The van der Waals surface area contributed by atoms with Crippen LogP contribution in [0, 0.1) is 0 Å². The second-order valence-electron chi connectivity index (χ2n) is 4.38. The zero-order chi connectivity index (χ0) is 14.5. The Kier molecular flexibility index (Phi) is 5.37. The summed E-state index contributed by atoms with van der Waals surface area (Å²) < 4.78 is 3.04. The molecule has 0 bridgehead atoms. The van der Waals surface area contributed by atoms with Crippen molar-refractivity contribution in [2.75, 3.05) is 5.32 Å². The largest absolute Gasteiger partial charge is 0.379 e. The Morgan fingerprint density at radius 1 is 1.25 bits per heavy atom. The molecule has 106 valence electrons. The molecule has 0 radical (unpaired) electrons. The van der Waals surface area contributed by atoms with E-state index in [9.17, 15) is 4.79 Å². The van der Waals surface area contributed by atoms with Crippen molar-refractivity contribution < 1.29 is 0 Å². The number of nitrogens with one attached hydrogen (secondary N) is 1. The van der Waals surface area contributed by atoms with Crippen LogP contribution in [0.25, 0.3) is 0 Å². The maximum atomic E-state index is 12.0. The van der Waals surface area contributed by atoms with Crippen molar-refractivity contribution in [2.45, 2.75) is 26.4 Å². The van der Waals surface area contributed by atoms with Crippen molar-refractivity contribution in [3.63, 3.8) is 0 Å². The highest BCUT2D eigenvalue weighted by Gasteiger charge is 2.08. The summed E-state index contributed by atoms with van der Waals surface area (Å²) in [4.78, 5) is 12.0. The fourth-order valence-electron chi connectivity index (χ4n) is 1.76. The smallest absolute Gasteiger partial charge is 0.283 e. The van der Waals surface area contributed by atoms with Crippen LogP contribution in [0.15, 0.2) is 44.2 Å². The van der Waals surface area contributed by atoms with Crippen molar-refractivity contribution in [2.24, 2.45) is 0 Å². The number of halogens is 2. The van der Waals surface area contributed by atoms with E-state index in [0.29, 0.717) is 23.2 Å². The highest BCUT2D eigenvalue weighted by Crippen LogP contribution is 2.18. The molecule has 0 saturated heterocycles. The van der Waals surface area contributed by atoms with Gasteiger partial charge in [0.15, 0.2) is 0 Å². The Morgan fingerprint density at radius 2 is 1.95 bits per heavy atom. The molecule has 2 aromatic rings. The Labute approximate surface area is 134 Å². The molecule has 4 nitrogen and oxygen atoms in total. The number of benzene rings is 1. The number of aromatic nitrogens is 2. The van der Waals surface area contributed by atoms with E-state index < -0.39 is 0 Å². The van der Waals surface area contributed by atoms with Crippen LogP contribution in [-0.2, 0) is 13.1 Å². The molecule has 20 heavy (non-hydrogen) atoms. The van der Waals surface area contributed by atoms with Gasteiger partial charge in [-0.1, -0.05) is 35.0 Å². The van der Waals surface area contributed by atoms with Crippen molar-refractivity contribution >= 4 is 37.5 Å². The zero-order valence-corrected chi connectivity index (χ0v) is 14.2. The van der Waals surface area contributed by atoms with Crippen LogP contribution in [0.4, 0.5) is 5.69 Å². The van der Waals surface area contributed by atoms with Gasteiger partial charge >= 0.3 is 0 Å². The minimum atomic E-state index is -0.104. The van der Waals surface area contributed by atoms with E-state index in [-0.39, 0.29) is 5.56 Å². The zero-order valence-electron chi connectivity index (χ0n) is 11.1. The van der Waals surface area contributed by atoms with Crippen molar-refractivity contribution in [1.29, 1.82) is 0 Å². The minimum Gasteiger partial charge on any atom is -0.379 e. The maximum Gasteiger partial charge on any atom is 0.283 e. The van der Waals surface area contributed by atoms with Gasteiger partial charge in [-0.25, -0.2) is 4.68 Å². The van der Waals surface area contributed by atoms with Crippen LogP contribution < -0.4 is 10.9 Å². The predicted molar refractivity (Wildman–Crippen MR) is 88.0 cm³/mol. The summed E-state index contributed by atoms with van der Waals surface area (Å²) in [5.41, 5.74) is 1.75. The normalized spacial score (nSPS) is 10.6. The molecule has 0 aliphatic heterocycles. The lowest BCUT2D eigenvalue weighted by atomic mass is 10.2. The highest BCUT2D eigenvalue weighted by atomic mass is 79.9. The molecular formula is C14H15Br2N3O. The molecule has 1 heterocycles. The van der Waals surface area contributed by atoms with E-state index >= 15 is 0 Å². The highest BCUT2D eigenvalue weighted by molar-refractivity contribution is 9.10. The first-order valence-electron chi connectivity index (χ1n) is 6.35. The number of hydrogen-bond donors (Lipinski definition) is 1. The summed E-state index contributed by atoms with van der Waals surface area (Å²) in [5.74, 6) is 0. The van der Waals surface area contributed by atoms with Crippen LogP contribution in [0.1, 0.15) is 18.9 Å². The standard InChI is InChI=1S/C14H15Br2N3O/c1-2-7-19-14(20)13(16)12(9-18-19)17-8-10-3-5-11(15)6-4-10/h3-6,9,17H,2,7-8H2,1H3. The van der Waals surface area contributed by atoms with Crippen LogP contribution >= 0.6 is 31.9 Å². The van der Waals surface area contributed by atoms with Crippen molar-refractivity contribution in [3.05, 3.63) is 55.3 Å². The lowest BCUT2D eigenvalue weighted by Gasteiger charge is -2.10. The molecule has 0 saturated carbocycles. The number of anilines is 1. The quantitative estimate of drug-likeness (QED) is 0.830. The monoisotopic (exact) mass is 399 g/mol. The van der Waals surface area contributed by atoms with Crippen LogP contribution in [-0.4, -0.2) is 9.78 Å². The number of hydrogen-bond acceptors (Lipinski definition) is 3. The Bertz CT molecular complexity index is 638.